The predicted molar refractivity (Wildman–Crippen MR) is 84.4 cm³/mol. The Bertz CT molecular complexity index is 590. The third kappa shape index (κ3) is 2.11. The van der Waals surface area contributed by atoms with E-state index in [-0.39, 0.29) is 0 Å². The molecule has 2 aliphatic carbocycles. The van der Waals surface area contributed by atoms with Gasteiger partial charge in [0.2, 0.25) is 0 Å². The molecule has 102 valence electrons. The molecule has 0 amide bonds. The molecule has 0 saturated heterocycles. The predicted octanol–water partition coefficient (Wildman–Crippen LogP) is 5.33. The number of hydrogen-bond acceptors (Lipinski definition) is 1. The lowest BCUT2D eigenvalue weighted by Gasteiger charge is -2.25. The van der Waals surface area contributed by atoms with Crippen molar-refractivity contribution < 1.29 is 0 Å². The van der Waals surface area contributed by atoms with Crippen molar-refractivity contribution in [1.29, 1.82) is 0 Å². The smallest absolute Gasteiger partial charge is 0.0419 e. The molecular weight excluding hydrogens is 242 g/mol. The average Bonchev–Trinajstić information content (AvgIpc) is 3.12. The van der Waals surface area contributed by atoms with Crippen LogP contribution in [0.25, 0.3) is 0 Å². The molecule has 4 rings (SSSR count). The van der Waals surface area contributed by atoms with Crippen LogP contribution in [0.2, 0.25) is 0 Å². The Morgan fingerprint density at radius 3 is 2.35 bits per heavy atom. The second kappa shape index (κ2) is 4.97. The van der Waals surface area contributed by atoms with Gasteiger partial charge >= 0.3 is 0 Å². The SMILES string of the molecule is c1ccc(Nc2ccccc2[C@H]2C[C@@H]3CC[C@H]2C3)cc1. The van der Waals surface area contributed by atoms with Gasteiger partial charge in [0.1, 0.15) is 0 Å². The van der Waals surface area contributed by atoms with Crippen molar-refractivity contribution in [2.75, 3.05) is 5.32 Å². The summed E-state index contributed by atoms with van der Waals surface area (Å²) < 4.78 is 0. The summed E-state index contributed by atoms with van der Waals surface area (Å²) in [5.74, 6) is 2.70. The van der Waals surface area contributed by atoms with Crippen LogP contribution in [-0.4, -0.2) is 0 Å². The van der Waals surface area contributed by atoms with Crippen molar-refractivity contribution in [3.63, 3.8) is 0 Å². The molecule has 3 atom stereocenters. The van der Waals surface area contributed by atoms with Crippen LogP contribution < -0.4 is 5.32 Å². The number of fused-ring (bicyclic) bond motifs is 2. The molecule has 2 aromatic carbocycles. The van der Waals surface area contributed by atoms with E-state index in [4.69, 9.17) is 0 Å². The number of para-hydroxylation sites is 2. The van der Waals surface area contributed by atoms with E-state index in [9.17, 15) is 0 Å². The first-order valence-corrected chi connectivity index (χ1v) is 7.81. The fourth-order valence-corrected chi connectivity index (χ4v) is 4.24. The number of benzene rings is 2. The van der Waals surface area contributed by atoms with Gasteiger partial charge in [-0.1, -0.05) is 42.8 Å². The molecule has 0 unspecified atom stereocenters. The van der Waals surface area contributed by atoms with Gasteiger partial charge in [-0.05, 0) is 60.8 Å². The Balaban J connectivity index is 1.64. The molecule has 2 bridgehead atoms. The molecule has 1 heteroatoms. The van der Waals surface area contributed by atoms with Crippen molar-refractivity contribution in [2.45, 2.75) is 31.6 Å². The maximum Gasteiger partial charge on any atom is 0.0419 e. The summed E-state index contributed by atoms with van der Waals surface area (Å²) in [4.78, 5) is 0. The minimum Gasteiger partial charge on any atom is -0.355 e. The lowest BCUT2D eigenvalue weighted by atomic mass is 9.82. The molecule has 0 radical (unpaired) electrons. The fourth-order valence-electron chi connectivity index (χ4n) is 4.24. The van der Waals surface area contributed by atoms with Crippen molar-refractivity contribution in [2.24, 2.45) is 11.8 Å². The Labute approximate surface area is 121 Å². The van der Waals surface area contributed by atoms with E-state index in [1.54, 1.807) is 0 Å². The minimum atomic E-state index is 0.779. The second-order valence-corrected chi connectivity index (χ2v) is 6.36. The van der Waals surface area contributed by atoms with Crippen molar-refractivity contribution in [3.8, 4) is 0 Å². The average molecular weight is 263 g/mol. The molecule has 0 heterocycles. The Hall–Kier alpha value is -1.76. The van der Waals surface area contributed by atoms with Crippen LogP contribution in [0.15, 0.2) is 54.6 Å². The molecule has 1 nitrogen and oxygen atoms in total. The first-order chi connectivity index (χ1) is 9.90. The molecule has 20 heavy (non-hydrogen) atoms. The Morgan fingerprint density at radius 2 is 1.60 bits per heavy atom. The van der Waals surface area contributed by atoms with Gasteiger partial charge in [-0.25, -0.2) is 0 Å². The molecule has 2 fully saturated rings. The highest BCUT2D eigenvalue weighted by molar-refractivity contribution is 5.64. The van der Waals surface area contributed by atoms with Gasteiger partial charge in [0.05, 0.1) is 0 Å². The Kier molecular flexibility index (Phi) is 2.99. The first-order valence-electron chi connectivity index (χ1n) is 7.81. The van der Waals surface area contributed by atoms with Gasteiger partial charge in [0.25, 0.3) is 0 Å². The lowest BCUT2D eigenvalue weighted by molar-refractivity contribution is 0.421. The topological polar surface area (TPSA) is 12.0 Å². The largest absolute Gasteiger partial charge is 0.355 e. The lowest BCUT2D eigenvalue weighted by Crippen LogP contribution is -2.10. The minimum absolute atomic E-state index is 0.779. The fraction of sp³-hybridized carbons (Fsp3) is 0.368. The normalized spacial score (nSPS) is 27.7. The van der Waals surface area contributed by atoms with Crippen LogP contribution in [0.3, 0.4) is 0 Å². The van der Waals surface area contributed by atoms with E-state index < -0.39 is 0 Å². The van der Waals surface area contributed by atoms with Crippen molar-refractivity contribution in [3.05, 3.63) is 60.2 Å². The Morgan fingerprint density at radius 1 is 0.800 bits per heavy atom. The molecule has 2 aromatic rings. The van der Waals surface area contributed by atoms with E-state index in [1.165, 1.54) is 42.6 Å². The van der Waals surface area contributed by atoms with Gasteiger partial charge in [0.15, 0.2) is 0 Å². The van der Waals surface area contributed by atoms with E-state index in [2.05, 4.69) is 59.9 Å². The molecule has 0 spiro atoms. The number of anilines is 2. The number of nitrogens with one attached hydrogen (secondary N) is 1. The van der Waals surface area contributed by atoms with Crippen LogP contribution in [-0.2, 0) is 0 Å². The third-order valence-electron chi connectivity index (χ3n) is 5.15. The summed E-state index contributed by atoms with van der Waals surface area (Å²) in [5, 5.41) is 3.61. The maximum absolute atomic E-state index is 3.61. The zero-order valence-electron chi connectivity index (χ0n) is 11.8. The summed E-state index contributed by atoms with van der Waals surface area (Å²) in [5.41, 5.74) is 4.02. The van der Waals surface area contributed by atoms with Crippen LogP contribution in [0.4, 0.5) is 11.4 Å². The van der Waals surface area contributed by atoms with Crippen molar-refractivity contribution >= 4 is 11.4 Å². The van der Waals surface area contributed by atoms with Gasteiger partial charge in [-0.15, -0.1) is 0 Å². The highest BCUT2D eigenvalue weighted by Gasteiger charge is 2.40. The molecule has 0 aliphatic heterocycles. The van der Waals surface area contributed by atoms with Crippen LogP contribution in [0.5, 0.6) is 0 Å². The molecule has 2 aliphatic rings. The van der Waals surface area contributed by atoms with Crippen LogP contribution >= 0.6 is 0 Å². The molecule has 1 N–H and O–H groups in total. The number of rotatable bonds is 3. The van der Waals surface area contributed by atoms with E-state index >= 15 is 0 Å². The van der Waals surface area contributed by atoms with Crippen LogP contribution in [0, 0.1) is 11.8 Å². The summed E-state index contributed by atoms with van der Waals surface area (Å²) in [6, 6.07) is 19.4. The zero-order chi connectivity index (χ0) is 13.4. The van der Waals surface area contributed by atoms with E-state index in [0.717, 1.165) is 17.8 Å². The molecular formula is C19H21N. The van der Waals surface area contributed by atoms with Gasteiger partial charge in [-0.3, -0.25) is 0 Å². The summed E-state index contributed by atoms with van der Waals surface area (Å²) in [6.07, 6.45) is 5.77. The third-order valence-corrected chi connectivity index (χ3v) is 5.15. The van der Waals surface area contributed by atoms with Crippen molar-refractivity contribution in [1.82, 2.24) is 0 Å². The molecule has 2 saturated carbocycles. The number of hydrogen-bond donors (Lipinski definition) is 1. The summed E-state index contributed by atoms with van der Waals surface area (Å²) in [6.45, 7) is 0. The second-order valence-electron chi connectivity index (χ2n) is 6.36. The van der Waals surface area contributed by atoms with E-state index in [0.29, 0.717) is 0 Å². The maximum atomic E-state index is 3.61. The van der Waals surface area contributed by atoms with Gasteiger partial charge < -0.3 is 5.32 Å². The summed E-state index contributed by atoms with van der Waals surface area (Å²) >= 11 is 0. The monoisotopic (exact) mass is 263 g/mol. The van der Waals surface area contributed by atoms with Crippen LogP contribution in [0.1, 0.15) is 37.2 Å². The van der Waals surface area contributed by atoms with E-state index in [1.807, 2.05) is 0 Å². The zero-order valence-corrected chi connectivity index (χ0v) is 11.8. The quantitative estimate of drug-likeness (QED) is 0.788. The highest BCUT2D eigenvalue weighted by atomic mass is 14.9. The standard InChI is InChI=1S/C19H21N/c1-2-6-16(7-3-1)20-19-9-5-4-8-17(19)18-13-14-10-11-15(18)12-14/h1-9,14-15,18,20H,10-13H2/t14-,15+,18+/m1/s1. The summed E-state index contributed by atoms with van der Waals surface area (Å²) in [7, 11) is 0. The highest BCUT2D eigenvalue weighted by Crippen LogP contribution is 2.54. The first kappa shape index (κ1) is 12.0. The van der Waals surface area contributed by atoms with Gasteiger partial charge in [-0.2, -0.15) is 0 Å². The molecule has 0 aromatic heterocycles. The van der Waals surface area contributed by atoms with Gasteiger partial charge in [0, 0.05) is 11.4 Å².